The molecule has 1 aromatic rings. The molecule has 0 aliphatic carbocycles. The SMILES string of the molecule is C=CCOc1cc(C)c(C=CC(C)=CC)c(C)c1C. The van der Waals surface area contributed by atoms with Crippen molar-refractivity contribution >= 4 is 6.08 Å². The van der Waals surface area contributed by atoms with Crippen molar-refractivity contribution in [2.75, 3.05) is 6.61 Å². The molecule has 1 nitrogen and oxygen atoms in total. The van der Waals surface area contributed by atoms with Crippen LogP contribution in [0.25, 0.3) is 6.08 Å². The van der Waals surface area contributed by atoms with Gasteiger partial charge in [-0.05, 0) is 62.9 Å². The molecule has 0 heterocycles. The third-order valence-corrected chi connectivity index (χ3v) is 3.43. The molecule has 0 amide bonds. The van der Waals surface area contributed by atoms with Crippen molar-refractivity contribution in [3.63, 3.8) is 0 Å². The van der Waals surface area contributed by atoms with Gasteiger partial charge < -0.3 is 4.74 Å². The normalized spacial score (nSPS) is 11.9. The lowest BCUT2D eigenvalue weighted by atomic mass is 9.96. The van der Waals surface area contributed by atoms with Gasteiger partial charge in [-0.25, -0.2) is 0 Å². The van der Waals surface area contributed by atoms with Gasteiger partial charge in [0.05, 0.1) is 0 Å². The standard InChI is InChI=1S/C18H24O/c1-7-11-19-18-12-14(4)17(15(5)16(18)6)10-9-13(3)8-2/h7-10,12H,1,11H2,2-6H3. The Labute approximate surface area is 117 Å². The second-order valence-corrected chi connectivity index (χ2v) is 4.82. The van der Waals surface area contributed by atoms with Gasteiger partial charge in [0.2, 0.25) is 0 Å². The lowest BCUT2D eigenvalue weighted by Crippen LogP contribution is -1.99. The molecule has 0 aliphatic rings. The van der Waals surface area contributed by atoms with Crippen molar-refractivity contribution in [1.29, 1.82) is 0 Å². The van der Waals surface area contributed by atoms with Gasteiger partial charge in [-0.3, -0.25) is 0 Å². The Morgan fingerprint density at radius 3 is 2.53 bits per heavy atom. The minimum Gasteiger partial charge on any atom is -0.489 e. The first-order chi connectivity index (χ1) is 9.01. The van der Waals surface area contributed by atoms with Crippen LogP contribution in [0.3, 0.4) is 0 Å². The second kappa shape index (κ2) is 6.98. The van der Waals surface area contributed by atoms with Crippen molar-refractivity contribution in [2.24, 2.45) is 0 Å². The summed E-state index contributed by atoms with van der Waals surface area (Å²) < 4.78 is 5.70. The molecular weight excluding hydrogens is 232 g/mol. The molecule has 0 aromatic heterocycles. The zero-order chi connectivity index (χ0) is 14.4. The minimum absolute atomic E-state index is 0.548. The van der Waals surface area contributed by atoms with E-state index in [1.165, 1.54) is 27.8 Å². The average molecular weight is 256 g/mol. The number of benzene rings is 1. The second-order valence-electron chi connectivity index (χ2n) is 4.82. The Morgan fingerprint density at radius 2 is 1.95 bits per heavy atom. The van der Waals surface area contributed by atoms with Crippen molar-refractivity contribution in [2.45, 2.75) is 34.6 Å². The summed E-state index contributed by atoms with van der Waals surface area (Å²) in [6.45, 7) is 14.8. The maximum absolute atomic E-state index is 5.70. The summed E-state index contributed by atoms with van der Waals surface area (Å²) in [5.41, 5.74) is 6.26. The van der Waals surface area contributed by atoms with E-state index in [0.717, 1.165) is 5.75 Å². The molecule has 0 fully saturated rings. The van der Waals surface area contributed by atoms with Crippen molar-refractivity contribution < 1.29 is 4.74 Å². The Kier molecular flexibility index (Phi) is 5.62. The molecule has 0 bridgehead atoms. The van der Waals surface area contributed by atoms with E-state index < -0.39 is 0 Å². The fourth-order valence-electron chi connectivity index (χ4n) is 1.93. The number of rotatable bonds is 5. The van der Waals surface area contributed by atoms with Crippen molar-refractivity contribution in [3.8, 4) is 5.75 Å². The summed E-state index contributed by atoms with van der Waals surface area (Å²) >= 11 is 0. The summed E-state index contributed by atoms with van der Waals surface area (Å²) in [7, 11) is 0. The van der Waals surface area contributed by atoms with Crippen LogP contribution in [-0.4, -0.2) is 6.61 Å². The number of ether oxygens (including phenoxy) is 1. The van der Waals surface area contributed by atoms with Gasteiger partial charge in [0.1, 0.15) is 12.4 Å². The van der Waals surface area contributed by atoms with Crippen LogP contribution < -0.4 is 4.74 Å². The first kappa shape index (κ1) is 15.3. The summed E-state index contributed by atoms with van der Waals surface area (Å²) in [5, 5.41) is 0. The van der Waals surface area contributed by atoms with Crippen LogP contribution in [0.4, 0.5) is 0 Å². The van der Waals surface area contributed by atoms with E-state index in [2.05, 4.69) is 65.5 Å². The maximum atomic E-state index is 5.70. The van der Waals surface area contributed by atoms with Gasteiger partial charge in [-0.2, -0.15) is 0 Å². The molecule has 0 saturated heterocycles. The lowest BCUT2D eigenvalue weighted by Gasteiger charge is -2.15. The van der Waals surface area contributed by atoms with Crippen molar-refractivity contribution in [3.05, 3.63) is 58.7 Å². The zero-order valence-corrected chi connectivity index (χ0v) is 12.7. The van der Waals surface area contributed by atoms with Gasteiger partial charge in [-0.1, -0.05) is 36.5 Å². The molecule has 0 spiro atoms. The topological polar surface area (TPSA) is 9.23 Å². The van der Waals surface area contributed by atoms with Crippen LogP contribution in [0.2, 0.25) is 0 Å². The van der Waals surface area contributed by atoms with Gasteiger partial charge in [0.15, 0.2) is 0 Å². The predicted molar refractivity (Wildman–Crippen MR) is 84.8 cm³/mol. The van der Waals surface area contributed by atoms with Crippen LogP contribution in [-0.2, 0) is 0 Å². The molecular formula is C18H24O. The van der Waals surface area contributed by atoms with Gasteiger partial charge in [-0.15, -0.1) is 0 Å². The summed E-state index contributed by atoms with van der Waals surface area (Å²) in [6, 6.07) is 2.11. The summed E-state index contributed by atoms with van der Waals surface area (Å²) in [6.07, 6.45) is 8.21. The smallest absolute Gasteiger partial charge is 0.123 e. The van der Waals surface area contributed by atoms with Gasteiger partial charge in [0, 0.05) is 0 Å². The van der Waals surface area contributed by atoms with Gasteiger partial charge in [0.25, 0.3) is 0 Å². The predicted octanol–water partition coefficient (Wildman–Crippen LogP) is 5.16. The van der Waals surface area contributed by atoms with Crippen LogP contribution in [0.1, 0.15) is 36.1 Å². The highest BCUT2D eigenvalue weighted by Gasteiger charge is 2.08. The Hall–Kier alpha value is -1.76. The molecule has 1 rings (SSSR count). The summed E-state index contributed by atoms with van der Waals surface area (Å²) in [4.78, 5) is 0. The molecule has 0 atom stereocenters. The molecule has 19 heavy (non-hydrogen) atoms. The van der Waals surface area contributed by atoms with E-state index in [0.29, 0.717) is 6.61 Å². The molecule has 0 radical (unpaired) electrons. The van der Waals surface area contributed by atoms with E-state index in [9.17, 15) is 0 Å². The molecule has 0 saturated carbocycles. The zero-order valence-electron chi connectivity index (χ0n) is 12.7. The number of aryl methyl sites for hydroxylation is 1. The molecule has 0 aliphatic heterocycles. The Morgan fingerprint density at radius 1 is 1.26 bits per heavy atom. The van der Waals surface area contributed by atoms with E-state index in [-0.39, 0.29) is 0 Å². The monoisotopic (exact) mass is 256 g/mol. The van der Waals surface area contributed by atoms with Crippen LogP contribution in [0, 0.1) is 20.8 Å². The Balaban J connectivity index is 3.18. The fraction of sp³-hybridized carbons (Fsp3) is 0.333. The lowest BCUT2D eigenvalue weighted by molar-refractivity contribution is 0.360. The van der Waals surface area contributed by atoms with E-state index in [4.69, 9.17) is 4.74 Å². The molecule has 0 N–H and O–H groups in total. The van der Waals surface area contributed by atoms with E-state index >= 15 is 0 Å². The molecule has 0 unspecified atom stereocenters. The number of hydrogen-bond acceptors (Lipinski definition) is 1. The third kappa shape index (κ3) is 3.85. The van der Waals surface area contributed by atoms with E-state index in [1.807, 2.05) is 0 Å². The Bertz CT molecular complexity index is 519. The third-order valence-electron chi connectivity index (χ3n) is 3.43. The first-order valence-electron chi connectivity index (χ1n) is 6.66. The van der Waals surface area contributed by atoms with E-state index in [1.54, 1.807) is 6.08 Å². The fourth-order valence-corrected chi connectivity index (χ4v) is 1.93. The maximum Gasteiger partial charge on any atom is 0.123 e. The summed E-state index contributed by atoms with van der Waals surface area (Å²) in [5.74, 6) is 0.954. The molecule has 102 valence electrons. The highest BCUT2D eigenvalue weighted by molar-refractivity contribution is 5.64. The average Bonchev–Trinajstić information content (AvgIpc) is 2.40. The van der Waals surface area contributed by atoms with Gasteiger partial charge >= 0.3 is 0 Å². The molecule has 1 aromatic carbocycles. The van der Waals surface area contributed by atoms with Crippen molar-refractivity contribution in [1.82, 2.24) is 0 Å². The number of hydrogen-bond donors (Lipinski definition) is 0. The first-order valence-corrected chi connectivity index (χ1v) is 6.66. The number of allylic oxidation sites excluding steroid dienone is 3. The van der Waals surface area contributed by atoms with Crippen LogP contribution in [0.15, 0.2) is 36.4 Å². The largest absolute Gasteiger partial charge is 0.489 e. The minimum atomic E-state index is 0.548. The quantitative estimate of drug-likeness (QED) is 0.522. The highest BCUT2D eigenvalue weighted by atomic mass is 16.5. The van der Waals surface area contributed by atoms with Crippen LogP contribution >= 0.6 is 0 Å². The molecule has 1 heteroatoms. The highest BCUT2D eigenvalue weighted by Crippen LogP contribution is 2.28. The van der Waals surface area contributed by atoms with Crippen LogP contribution in [0.5, 0.6) is 5.75 Å².